The van der Waals surface area contributed by atoms with Gasteiger partial charge in [0.2, 0.25) is 0 Å². The van der Waals surface area contributed by atoms with Crippen LogP contribution in [0.5, 0.6) is 0 Å². The minimum Gasteiger partial charge on any atom is -0.393 e. The first kappa shape index (κ1) is 13.9. The Bertz CT molecular complexity index is 189. The highest BCUT2D eigenvalue weighted by Crippen LogP contribution is 2.24. The molecule has 0 aromatic carbocycles. The molecule has 1 aliphatic carbocycles. The first-order valence-corrected chi connectivity index (χ1v) is 6.17. The summed E-state index contributed by atoms with van der Waals surface area (Å²) in [7, 11) is 3.58. The number of hydrogen-bond donors (Lipinski definition) is 2. The molecular weight excluding hydrogens is 206 g/mol. The Hall–Kier alpha value is -0.160. The molecule has 4 heteroatoms. The van der Waals surface area contributed by atoms with Crippen LogP contribution in [0.4, 0.5) is 0 Å². The van der Waals surface area contributed by atoms with Gasteiger partial charge >= 0.3 is 0 Å². The Morgan fingerprint density at radius 1 is 1.38 bits per heavy atom. The van der Waals surface area contributed by atoms with Crippen molar-refractivity contribution in [1.82, 2.24) is 4.90 Å². The topological polar surface area (TPSA) is 52.9 Å². The maximum Gasteiger partial charge on any atom is 0.0899 e. The molecule has 1 fully saturated rings. The number of rotatable bonds is 6. The number of ether oxygens (including phenoxy) is 1. The third-order valence-corrected chi connectivity index (χ3v) is 3.30. The first-order valence-electron chi connectivity index (χ1n) is 6.17. The van der Waals surface area contributed by atoms with Gasteiger partial charge in [0.25, 0.3) is 0 Å². The van der Waals surface area contributed by atoms with Crippen LogP contribution in [0.25, 0.3) is 0 Å². The van der Waals surface area contributed by atoms with Gasteiger partial charge in [0.15, 0.2) is 0 Å². The SMILES string of the molecule is COCC(O)CN(C)CC1CCCCC1O. The van der Waals surface area contributed by atoms with Crippen molar-refractivity contribution in [2.75, 3.05) is 33.9 Å². The molecule has 1 saturated carbocycles. The lowest BCUT2D eigenvalue weighted by Gasteiger charge is -2.31. The Kier molecular flexibility index (Phi) is 6.28. The molecule has 0 aromatic heterocycles. The molecule has 0 amide bonds. The molecule has 96 valence electrons. The number of aliphatic hydroxyl groups is 2. The molecule has 1 rings (SSSR count). The zero-order valence-electron chi connectivity index (χ0n) is 10.4. The number of methoxy groups -OCH3 is 1. The van der Waals surface area contributed by atoms with E-state index in [4.69, 9.17) is 4.74 Å². The van der Waals surface area contributed by atoms with Gasteiger partial charge in [-0.25, -0.2) is 0 Å². The van der Waals surface area contributed by atoms with Crippen molar-refractivity contribution in [3.05, 3.63) is 0 Å². The second kappa shape index (κ2) is 7.22. The molecule has 3 atom stereocenters. The molecule has 1 aliphatic rings. The summed E-state index contributed by atoms with van der Waals surface area (Å²) >= 11 is 0. The summed E-state index contributed by atoms with van der Waals surface area (Å²) in [5, 5.41) is 19.4. The van der Waals surface area contributed by atoms with Gasteiger partial charge in [0.1, 0.15) is 0 Å². The van der Waals surface area contributed by atoms with E-state index in [0.717, 1.165) is 25.8 Å². The van der Waals surface area contributed by atoms with Crippen molar-refractivity contribution < 1.29 is 14.9 Å². The third-order valence-electron chi connectivity index (χ3n) is 3.30. The molecule has 16 heavy (non-hydrogen) atoms. The maximum atomic E-state index is 9.84. The lowest BCUT2D eigenvalue weighted by Crippen LogP contribution is -2.39. The van der Waals surface area contributed by atoms with Crippen molar-refractivity contribution in [3.63, 3.8) is 0 Å². The fourth-order valence-electron chi connectivity index (χ4n) is 2.48. The van der Waals surface area contributed by atoms with Crippen LogP contribution in [0.1, 0.15) is 25.7 Å². The third kappa shape index (κ3) is 4.78. The average molecular weight is 231 g/mol. The van der Waals surface area contributed by atoms with E-state index in [0.29, 0.717) is 19.1 Å². The highest BCUT2D eigenvalue weighted by molar-refractivity contribution is 4.77. The van der Waals surface area contributed by atoms with Crippen LogP contribution in [0.2, 0.25) is 0 Å². The second-order valence-electron chi connectivity index (χ2n) is 4.94. The maximum absolute atomic E-state index is 9.84. The predicted molar refractivity (Wildman–Crippen MR) is 63.3 cm³/mol. The van der Waals surface area contributed by atoms with Crippen molar-refractivity contribution in [2.45, 2.75) is 37.9 Å². The largest absolute Gasteiger partial charge is 0.393 e. The normalized spacial score (nSPS) is 28.3. The minimum absolute atomic E-state index is 0.157. The van der Waals surface area contributed by atoms with Gasteiger partial charge in [0, 0.05) is 20.2 Å². The quantitative estimate of drug-likeness (QED) is 0.698. The van der Waals surface area contributed by atoms with E-state index in [2.05, 4.69) is 4.90 Å². The predicted octanol–water partition coefficient (Wildman–Crippen LogP) is 0.477. The zero-order chi connectivity index (χ0) is 12.0. The van der Waals surface area contributed by atoms with E-state index in [-0.39, 0.29) is 6.10 Å². The van der Waals surface area contributed by atoms with E-state index in [1.54, 1.807) is 7.11 Å². The van der Waals surface area contributed by atoms with Gasteiger partial charge in [-0.3, -0.25) is 0 Å². The zero-order valence-corrected chi connectivity index (χ0v) is 10.4. The standard InChI is InChI=1S/C12H25NO3/c1-13(8-11(14)9-16-2)7-10-5-3-4-6-12(10)15/h10-12,14-15H,3-9H2,1-2H3. The van der Waals surface area contributed by atoms with Gasteiger partial charge in [-0.1, -0.05) is 12.8 Å². The van der Waals surface area contributed by atoms with Crippen LogP contribution in [-0.2, 0) is 4.74 Å². The minimum atomic E-state index is -0.435. The number of hydrogen-bond acceptors (Lipinski definition) is 4. The van der Waals surface area contributed by atoms with Gasteiger partial charge in [-0.15, -0.1) is 0 Å². The summed E-state index contributed by atoms with van der Waals surface area (Å²) in [6.07, 6.45) is 3.81. The van der Waals surface area contributed by atoms with E-state index >= 15 is 0 Å². The smallest absolute Gasteiger partial charge is 0.0899 e. The van der Waals surface area contributed by atoms with Crippen LogP contribution in [0.3, 0.4) is 0 Å². The van der Waals surface area contributed by atoms with E-state index in [9.17, 15) is 10.2 Å². The summed E-state index contributed by atoms with van der Waals surface area (Å²) in [6, 6.07) is 0. The van der Waals surface area contributed by atoms with Crippen LogP contribution in [0, 0.1) is 5.92 Å². The number of aliphatic hydroxyl groups excluding tert-OH is 2. The van der Waals surface area contributed by atoms with Gasteiger partial charge in [-0.05, 0) is 25.8 Å². The molecule has 0 aromatic rings. The summed E-state index contributed by atoms with van der Waals surface area (Å²) < 4.78 is 4.89. The lowest BCUT2D eigenvalue weighted by atomic mass is 9.86. The molecule has 4 nitrogen and oxygen atoms in total. The molecule has 0 radical (unpaired) electrons. The number of likely N-dealkylation sites (N-methyl/N-ethyl adjacent to an activating group) is 1. The van der Waals surface area contributed by atoms with Crippen molar-refractivity contribution >= 4 is 0 Å². The van der Waals surface area contributed by atoms with Crippen LogP contribution >= 0.6 is 0 Å². The average Bonchev–Trinajstić information content (AvgIpc) is 2.21. The molecule has 0 aliphatic heterocycles. The second-order valence-corrected chi connectivity index (χ2v) is 4.94. The summed E-state index contributed by atoms with van der Waals surface area (Å²) in [6.45, 7) is 1.84. The van der Waals surface area contributed by atoms with Crippen LogP contribution in [-0.4, -0.2) is 61.2 Å². The monoisotopic (exact) mass is 231 g/mol. The fourth-order valence-corrected chi connectivity index (χ4v) is 2.48. The Morgan fingerprint density at radius 2 is 2.06 bits per heavy atom. The molecule has 0 bridgehead atoms. The van der Waals surface area contributed by atoms with E-state index in [1.165, 1.54) is 6.42 Å². The Balaban J connectivity index is 2.24. The molecule has 2 N–H and O–H groups in total. The summed E-state index contributed by atoms with van der Waals surface area (Å²) in [4.78, 5) is 2.09. The summed E-state index contributed by atoms with van der Waals surface area (Å²) in [5.74, 6) is 0.369. The van der Waals surface area contributed by atoms with Crippen LogP contribution < -0.4 is 0 Å². The lowest BCUT2D eigenvalue weighted by molar-refractivity contribution is 0.0196. The van der Waals surface area contributed by atoms with Gasteiger partial charge in [-0.2, -0.15) is 0 Å². The molecule has 0 heterocycles. The van der Waals surface area contributed by atoms with E-state index < -0.39 is 6.10 Å². The molecule has 3 unspecified atom stereocenters. The fraction of sp³-hybridized carbons (Fsp3) is 1.00. The van der Waals surface area contributed by atoms with Crippen molar-refractivity contribution in [1.29, 1.82) is 0 Å². The molecular formula is C12H25NO3. The summed E-state index contributed by atoms with van der Waals surface area (Å²) in [5.41, 5.74) is 0. The van der Waals surface area contributed by atoms with Crippen LogP contribution in [0.15, 0.2) is 0 Å². The van der Waals surface area contributed by atoms with Crippen molar-refractivity contribution in [2.24, 2.45) is 5.92 Å². The Labute approximate surface area is 98.2 Å². The highest BCUT2D eigenvalue weighted by atomic mass is 16.5. The van der Waals surface area contributed by atoms with Crippen molar-refractivity contribution in [3.8, 4) is 0 Å². The van der Waals surface area contributed by atoms with Gasteiger partial charge in [0.05, 0.1) is 18.8 Å². The highest BCUT2D eigenvalue weighted by Gasteiger charge is 2.24. The van der Waals surface area contributed by atoms with Gasteiger partial charge < -0.3 is 19.8 Å². The van der Waals surface area contributed by atoms with E-state index in [1.807, 2.05) is 7.05 Å². The first-order chi connectivity index (χ1) is 7.63. The Morgan fingerprint density at radius 3 is 2.69 bits per heavy atom. The number of nitrogens with zero attached hydrogens (tertiary/aromatic N) is 1. The molecule has 0 spiro atoms. The molecule has 0 saturated heterocycles.